The van der Waals surface area contributed by atoms with Gasteiger partial charge in [-0.1, -0.05) is 72.8 Å². The van der Waals surface area contributed by atoms with Gasteiger partial charge in [0.2, 0.25) is 0 Å². The minimum absolute atomic E-state index is 0.647. The number of aryl methyl sites for hydroxylation is 2. The summed E-state index contributed by atoms with van der Waals surface area (Å²) in [5.41, 5.74) is 7.13. The molecule has 38 heavy (non-hydrogen) atoms. The molecular formula is C32H27AlN2O3. The van der Waals surface area contributed by atoms with Crippen LogP contribution in [0.4, 0.5) is 5.69 Å². The number of fused-ring (bicyclic) bond motifs is 2. The van der Waals surface area contributed by atoms with Crippen molar-refractivity contribution >= 4 is 37.5 Å². The maximum Gasteiger partial charge on any atom is 1.20 e. The molecule has 6 heteroatoms. The molecule has 0 spiro atoms. The third-order valence-corrected chi connectivity index (χ3v) is 7.96. The van der Waals surface area contributed by atoms with Crippen LogP contribution in [0.3, 0.4) is 0 Å². The third-order valence-electron chi connectivity index (χ3n) is 6.60. The van der Waals surface area contributed by atoms with E-state index in [1.807, 2.05) is 73.7 Å². The van der Waals surface area contributed by atoms with Crippen molar-refractivity contribution < 1.29 is 11.4 Å². The van der Waals surface area contributed by atoms with Gasteiger partial charge in [0.1, 0.15) is 22.7 Å². The Morgan fingerprint density at radius 2 is 1.37 bits per heavy atom. The summed E-state index contributed by atoms with van der Waals surface area (Å²) in [5.74, 6) is 2.02. The maximum absolute atomic E-state index is 6.52. The second-order valence-corrected chi connectivity index (χ2v) is 10.7. The lowest BCUT2D eigenvalue weighted by molar-refractivity contribution is 0.309. The number of aromatic nitrogens is 1. The minimum Gasteiger partial charge on any atom is -0.577 e. The highest BCUT2D eigenvalue weighted by molar-refractivity contribution is 6.40. The topological polar surface area (TPSA) is 52.9 Å². The van der Waals surface area contributed by atoms with E-state index in [1.165, 1.54) is 5.56 Å². The molecule has 0 unspecified atom stereocenters. The summed E-state index contributed by atoms with van der Waals surface area (Å²) in [7, 11) is 0. The van der Waals surface area contributed by atoms with Crippen LogP contribution in [0.15, 0.2) is 108 Å². The Morgan fingerprint density at radius 1 is 0.632 bits per heavy atom. The van der Waals surface area contributed by atoms with Gasteiger partial charge in [0.05, 0.1) is 5.75 Å². The lowest BCUT2D eigenvalue weighted by atomic mass is 10.0. The SMILES string of the molecule is CC1=Nc2c(cccc2[O][Al]([O]c2ccc(-c3ccccc3)cc2)[O]c2cccc3ccc(C)nc23)CC1. The molecular weight excluding hydrogens is 487 g/mol. The number of pyridine rings is 1. The van der Waals surface area contributed by atoms with Crippen LogP contribution in [0.2, 0.25) is 0 Å². The van der Waals surface area contributed by atoms with E-state index in [1.54, 1.807) is 0 Å². The Hall–Kier alpha value is -4.11. The van der Waals surface area contributed by atoms with Gasteiger partial charge in [-0.25, -0.2) is 4.98 Å². The first kappa shape index (κ1) is 24.2. The van der Waals surface area contributed by atoms with Gasteiger partial charge in [-0.3, -0.25) is 4.99 Å². The lowest BCUT2D eigenvalue weighted by Crippen LogP contribution is -2.37. The van der Waals surface area contributed by atoms with E-state index in [0.717, 1.165) is 52.0 Å². The molecule has 5 nitrogen and oxygen atoms in total. The van der Waals surface area contributed by atoms with Crippen molar-refractivity contribution in [2.75, 3.05) is 0 Å². The average molecular weight is 515 g/mol. The molecule has 0 bridgehead atoms. The van der Waals surface area contributed by atoms with E-state index >= 15 is 0 Å². The summed E-state index contributed by atoms with van der Waals surface area (Å²) in [4.78, 5) is 9.54. The van der Waals surface area contributed by atoms with Crippen molar-refractivity contribution in [1.29, 1.82) is 0 Å². The van der Waals surface area contributed by atoms with Gasteiger partial charge >= 0.3 is 15.1 Å². The summed E-state index contributed by atoms with van der Waals surface area (Å²) < 4.78 is 19.5. The maximum atomic E-state index is 6.52. The molecule has 0 saturated carbocycles. The van der Waals surface area contributed by atoms with Crippen LogP contribution in [0.5, 0.6) is 17.2 Å². The van der Waals surface area contributed by atoms with E-state index in [2.05, 4.69) is 43.3 Å². The smallest absolute Gasteiger partial charge is 0.577 e. The Labute approximate surface area is 227 Å². The molecule has 4 aromatic carbocycles. The second kappa shape index (κ2) is 10.7. The molecule has 1 aromatic heterocycles. The van der Waals surface area contributed by atoms with E-state index in [0.29, 0.717) is 17.2 Å². The molecule has 0 N–H and O–H groups in total. The third kappa shape index (κ3) is 5.28. The van der Waals surface area contributed by atoms with Crippen LogP contribution >= 0.6 is 0 Å². The average Bonchev–Trinajstić information content (AvgIpc) is 2.94. The summed E-state index contributed by atoms with van der Waals surface area (Å²) in [6.45, 7) is 4.03. The number of hydrogen-bond donors (Lipinski definition) is 0. The van der Waals surface area contributed by atoms with Crippen LogP contribution in [0.25, 0.3) is 22.0 Å². The molecule has 0 amide bonds. The second-order valence-electron chi connectivity index (χ2n) is 9.42. The summed E-state index contributed by atoms with van der Waals surface area (Å²) in [6, 6.07) is 34.3. The number of rotatable bonds is 7. The fraction of sp³-hybridized carbons (Fsp3) is 0.125. The Balaban J connectivity index is 1.34. The monoisotopic (exact) mass is 514 g/mol. The van der Waals surface area contributed by atoms with Crippen molar-refractivity contribution in [3.8, 4) is 28.4 Å². The number of aliphatic imine (C=N–C) groups is 1. The fourth-order valence-electron chi connectivity index (χ4n) is 4.61. The number of benzene rings is 4. The predicted molar refractivity (Wildman–Crippen MR) is 154 cm³/mol. The molecule has 0 aliphatic carbocycles. The van der Waals surface area contributed by atoms with Crippen molar-refractivity contribution in [3.05, 3.63) is 114 Å². The van der Waals surface area contributed by atoms with E-state index in [4.69, 9.17) is 21.3 Å². The lowest BCUT2D eigenvalue weighted by Gasteiger charge is -2.21. The van der Waals surface area contributed by atoms with Crippen LogP contribution in [0.1, 0.15) is 24.6 Å². The number of nitrogens with zero attached hydrogens (tertiary/aromatic N) is 2. The molecule has 186 valence electrons. The molecule has 0 atom stereocenters. The molecule has 5 aromatic rings. The first-order valence-corrected chi connectivity index (χ1v) is 14.2. The molecule has 0 radical (unpaired) electrons. The Bertz CT molecular complexity index is 1620. The van der Waals surface area contributed by atoms with Gasteiger partial charge in [0.25, 0.3) is 0 Å². The van der Waals surface area contributed by atoms with Crippen LogP contribution in [0, 0.1) is 6.92 Å². The molecule has 6 rings (SSSR count). The van der Waals surface area contributed by atoms with Gasteiger partial charge in [-0.2, -0.15) is 0 Å². The summed E-state index contributed by atoms with van der Waals surface area (Å²) in [6.07, 6.45) is 1.91. The Morgan fingerprint density at radius 3 is 2.21 bits per heavy atom. The molecule has 0 fully saturated rings. The zero-order valence-electron chi connectivity index (χ0n) is 21.4. The zero-order valence-corrected chi connectivity index (χ0v) is 22.6. The molecule has 1 aliphatic heterocycles. The highest BCUT2D eigenvalue weighted by Crippen LogP contribution is 2.36. The highest BCUT2D eigenvalue weighted by Gasteiger charge is 2.45. The fourth-order valence-corrected chi connectivity index (χ4v) is 5.93. The van der Waals surface area contributed by atoms with E-state index in [9.17, 15) is 0 Å². The first-order valence-electron chi connectivity index (χ1n) is 12.8. The minimum atomic E-state index is -2.81. The van der Waals surface area contributed by atoms with E-state index < -0.39 is 15.1 Å². The normalized spacial score (nSPS) is 12.4. The summed E-state index contributed by atoms with van der Waals surface area (Å²) in [5, 5.41) is 1.00. The van der Waals surface area contributed by atoms with Crippen molar-refractivity contribution in [1.82, 2.24) is 4.98 Å². The quantitative estimate of drug-likeness (QED) is 0.208. The number of hydrogen-bond acceptors (Lipinski definition) is 5. The van der Waals surface area contributed by atoms with Gasteiger partial charge in [-0.15, -0.1) is 0 Å². The zero-order chi connectivity index (χ0) is 25.9. The van der Waals surface area contributed by atoms with Gasteiger partial charge in [-0.05, 0) is 73.7 Å². The summed E-state index contributed by atoms with van der Waals surface area (Å²) >= 11 is -2.81. The van der Waals surface area contributed by atoms with Crippen molar-refractivity contribution in [2.24, 2.45) is 4.99 Å². The van der Waals surface area contributed by atoms with Gasteiger partial charge < -0.3 is 11.4 Å². The first-order chi connectivity index (χ1) is 18.6. The van der Waals surface area contributed by atoms with Crippen LogP contribution in [-0.2, 0) is 6.42 Å². The standard InChI is InChI=1S/C12H10O.C10H11NO.C10H9NO.Al/c13-12-8-6-11(7-9-12)10-4-2-1-3-5-10;2*1-7-5-6-8-3-2-4-9(12)10(8)11-7;/h1-9,13H;2-4,12H,5-6H2,1H3;2-6,12H,1H3;/q;;;+3/p-3. The molecule has 1 aliphatic rings. The Kier molecular flexibility index (Phi) is 6.83. The largest absolute Gasteiger partial charge is 1.20 e. The predicted octanol–water partition coefficient (Wildman–Crippen LogP) is 7.77. The van der Waals surface area contributed by atoms with Gasteiger partial charge in [0.15, 0.2) is 0 Å². The van der Waals surface area contributed by atoms with Crippen LogP contribution < -0.4 is 11.4 Å². The molecule has 0 saturated heterocycles. The number of para-hydroxylation sites is 2. The van der Waals surface area contributed by atoms with Crippen molar-refractivity contribution in [3.63, 3.8) is 0 Å². The van der Waals surface area contributed by atoms with Gasteiger partial charge in [0, 0.05) is 16.8 Å². The van der Waals surface area contributed by atoms with E-state index in [-0.39, 0.29) is 0 Å². The molecule has 2 heterocycles. The highest BCUT2D eigenvalue weighted by atomic mass is 27.3. The van der Waals surface area contributed by atoms with Crippen LogP contribution in [-0.4, -0.2) is 25.8 Å². The van der Waals surface area contributed by atoms with Crippen molar-refractivity contribution in [2.45, 2.75) is 26.7 Å².